The fraction of sp³-hybridized carbons (Fsp3) is 0.571. The summed E-state index contributed by atoms with van der Waals surface area (Å²) in [5, 5.41) is 0.769. The molecule has 1 aromatic carbocycles. The fourth-order valence-corrected chi connectivity index (χ4v) is 2.98. The Labute approximate surface area is 115 Å². The number of likely N-dealkylation sites (N-methyl/N-ethyl adjacent to an activating group) is 2. The van der Waals surface area contributed by atoms with Crippen LogP contribution in [0.2, 0.25) is 5.02 Å². The second-order valence-electron chi connectivity index (χ2n) is 5.11. The number of anilines is 1. The summed E-state index contributed by atoms with van der Waals surface area (Å²) >= 11 is 6.22. The van der Waals surface area contributed by atoms with E-state index in [4.69, 9.17) is 17.3 Å². The second-order valence-corrected chi connectivity index (χ2v) is 5.52. The third kappa shape index (κ3) is 2.79. The van der Waals surface area contributed by atoms with Gasteiger partial charge in [0, 0.05) is 42.5 Å². The molecule has 0 bridgehead atoms. The van der Waals surface area contributed by atoms with Gasteiger partial charge in [-0.05, 0) is 38.6 Å². The molecule has 0 saturated carbocycles. The number of halogens is 1. The molecule has 1 aliphatic heterocycles. The first kappa shape index (κ1) is 13.7. The SMILES string of the molecule is CN1CCCC(N(C)c2cccc(Cl)c2CN)C1. The van der Waals surface area contributed by atoms with Gasteiger partial charge in [-0.3, -0.25) is 0 Å². The van der Waals surface area contributed by atoms with Crippen LogP contribution in [0.5, 0.6) is 0 Å². The monoisotopic (exact) mass is 267 g/mol. The summed E-state index contributed by atoms with van der Waals surface area (Å²) in [7, 11) is 4.33. The number of piperidine rings is 1. The Kier molecular flexibility index (Phi) is 4.49. The van der Waals surface area contributed by atoms with Gasteiger partial charge in [-0.2, -0.15) is 0 Å². The van der Waals surface area contributed by atoms with Crippen LogP contribution in [-0.4, -0.2) is 38.1 Å². The summed E-state index contributed by atoms with van der Waals surface area (Å²) in [5.74, 6) is 0. The third-order valence-electron chi connectivity index (χ3n) is 3.83. The molecule has 2 rings (SSSR count). The van der Waals surface area contributed by atoms with Crippen molar-refractivity contribution in [3.8, 4) is 0 Å². The molecule has 0 aliphatic carbocycles. The van der Waals surface area contributed by atoms with E-state index in [-0.39, 0.29) is 0 Å². The molecule has 3 nitrogen and oxygen atoms in total. The van der Waals surface area contributed by atoms with Crippen molar-refractivity contribution in [2.24, 2.45) is 5.73 Å². The molecule has 4 heteroatoms. The van der Waals surface area contributed by atoms with Crippen LogP contribution >= 0.6 is 11.6 Å². The normalized spacial score (nSPS) is 21.0. The van der Waals surface area contributed by atoms with Crippen LogP contribution in [0, 0.1) is 0 Å². The summed E-state index contributed by atoms with van der Waals surface area (Å²) in [5.41, 5.74) is 8.05. The van der Waals surface area contributed by atoms with Crippen LogP contribution in [0.3, 0.4) is 0 Å². The highest BCUT2D eigenvalue weighted by Gasteiger charge is 2.22. The molecule has 1 heterocycles. The van der Waals surface area contributed by atoms with Crippen molar-refractivity contribution in [1.82, 2.24) is 4.90 Å². The van der Waals surface area contributed by atoms with Crippen molar-refractivity contribution in [2.45, 2.75) is 25.4 Å². The van der Waals surface area contributed by atoms with E-state index < -0.39 is 0 Å². The van der Waals surface area contributed by atoms with Gasteiger partial charge in [0.05, 0.1) is 0 Å². The van der Waals surface area contributed by atoms with Crippen molar-refractivity contribution < 1.29 is 0 Å². The van der Waals surface area contributed by atoms with Crippen LogP contribution in [0.4, 0.5) is 5.69 Å². The molecule has 1 atom stereocenters. The topological polar surface area (TPSA) is 32.5 Å². The number of hydrogen-bond donors (Lipinski definition) is 1. The zero-order valence-corrected chi connectivity index (χ0v) is 12.0. The Morgan fingerprint density at radius 1 is 1.50 bits per heavy atom. The Balaban J connectivity index is 2.22. The first-order chi connectivity index (χ1) is 8.63. The second kappa shape index (κ2) is 5.91. The number of hydrogen-bond acceptors (Lipinski definition) is 3. The molecule has 0 amide bonds. The van der Waals surface area contributed by atoms with E-state index in [1.54, 1.807) is 0 Å². The standard InChI is InChI=1S/C14H22ClN3/c1-17-8-4-5-11(10-17)18(2)14-7-3-6-13(15)12(14)9-16/h3,6-7,11H,4-5,8-10,16H2,1-2H3. The van der Waals surface area contributed by atoms with Crippen molar-refractivity contribution in [2.75, 3.05) is 32.1 Å². The first-order valence-corrected chi connectivity index (χ1v) is 6.90. The zero-order chi connectivity index (χ0) is 13.1. The van der Waals surface area contributed by atoms with Crippen LogP contribution < -0.4 is 10.6 Å². The lowest BCUT2D eigenvalue weighted by atomic mass is 10.0. The summed E-state index contributed by atoms with van der Waals surface area (Å²) in [6.07, 6.45) is 2.49. The average molecular weight is 268 g/mol. The largest absolute Gasteiger partial charge is 0.370 e. The number of benzene rings is 1. The van der Waals surface area contributed by atoms with E-state index in [0.29, 0.717) is 12.6 Å². The van der Waals surface area contributed by atoms with E-state index in [1.807, 2.05) is 12.1 Å². The third-order valence-corrected chi connectivity index (χ3v) is 4.18. The highest BCUT2D eigenvalue weighted by molar-refractivity contribution is 6.31. The van der Waals surface area contributed by atoms with Crippen LogP contribution in [0.25, 0.3) is 0 Å². The molecule has 1 fully saturated rings. The maximum Gasteiger partial charge on any atom is 0.0471 e. The van der Waals surface area contributed by atoms with Crippen LogP contribution in [0.1, 0.15) is 18.4 Å². The number of nitrogens with zero attached hydrogens (tertiary/aromatic N) is 2. The van der Waals surface area contributed by atoms with Crippen molar-refractivity contribution in [3.63, 3.8) is 0 Å². The minimum absolute atomic E-state index is 0.488. The first-order valence-electron chi connectivity index (χ1n) is 6.52. The van der Waals surface area contributed by atoms with Gasteiger partial charge in [-0.25, -0.2) is 0 Å². The summed E-state index contributed by atoms with van der Waals surface area (Å²) < 4.78 is 0. The molecule has 1 unspecified atom stereocenters. The van der Waals surface area contributed by atoms with E-state index >= 15 is 0 Å². The van der Waals surface area contributed by atoms with E-state index in [0.717, 1.165) is 17.1 Å². The highest BCUT2D eigenvalue weighted by Crippen LogP contribution is 2.29. The van der Waals surface area contributed by atoms with Crippen molar-refractivity contribution in [1.29, 1.82) is 0 Å². The van der Waals surface area contributed by atoms with Crippen molar-refractivity contribution >= 4 is 17.3 Å². The predicted octanol–water partition coefficient (Wildman–Crippen LogP) is 2.33. The molecule has 1 aromatic rings. The minimum Gasteiger partial charge on any atom is -0.370 e. The number of rotatable bonds is 3. The van der Waals surface area contributed by atoms with Gasteiger partial charge in [0.25, 0.3) is 0 Å². The molecular formula is C14H22ClN3. The molecule has 100 valence electrons. The van der Waals surface area contributed by atoms with Gasteiger partial charge in [-0.15, -0.1) is 0 Å². The van der Waals surface area contributed by atoms with Gasteiger partial charge >= 0.3 is 0 Å². The number of likely N-dealkylation sites (tertiary alicyclic amines) is 1. The predicted molar refractivity (Wildman–Crippen MR) is 78.3 cm³/mol. The van der Waals surface area contributed by atoms with Gasteiger partial charge in [-0.1, -0.05) is 17.7 Å². The Hall–Kier alpha value is -0.770. The molecule has 0 radical (unpaired) electrons. The Morgan fingerprint density at radius 3 is 2.94 bits per heavy atom. The van der Waals surface area contributed by atoms with Gasteiger partial charge in [0.15, 0.2) is 0 Å². The number of nitrogens with two attached hydrogens (primary N) is 1. The van der Waals surface area contributed by atoms with Crippen LogP contribution in [0.15, 0.2) is 18.2 Å². The van der Waals surface area contributed by atoms with E-state index in [2.05, 4.69) is 30.0 Å². The molecule has 1 saturated heterocycles. The molecular weight excluding hydrogens is 246 g/mol. The average Bonchev–Trinajstić information content (AvgIpc) is 2.37. The molecule has 0 spiro atoms. The zero-order valence-electron chi connectivity index (χ0n) is 11.2. The lowest BCUT2D eigenvalue weighted by Gasteiger charge is -2.38. The van der Waals surface area contributed by atoms with Crippen molar-refractivity contribution in [3.05, 3.63) is 28.8 Å². The lowest BCUT2D eigenvalue weighted by molar-refractivity contribution is 0.248. The van der Waals surface area contributed by atoms with Gasteiger partial charge in [0.1, 0.15) is 0 Å². The van der Waals surface area contributed by atoms with Gasteiger partial charge in [0.2, 0.25) is 0 Å². The molecule has 0 aromatic heterocycles. The molecule has 2 N–H and O–H groups in total. The van der Waals surface area contributed by atoms with Gasteiger partial charge < -0.3 is 15.5 Å². The maximum atomic E-state index is 6.22. The maximum absolute atomic E-state index is 6.22. The van der Waals surface area contributed by atoms with E-state index in [1.165, 1.54) is 25.1 Å². The Bertz CT molecular complexity index is 408. The highest BCUT2D eigenvalue weighted by atomic mass is 35.5. The quantitative estimate of drug-likeness (QED) is 0.912. The minimum atomic E-state index is 0.488. The summed E-state index contributed by atoms with van der Waals surface area (Å²) in [6, 6.07) is 6.57. The molecule has 1 aliphatic rings. The Morgan fingerprint density at radius 2 is 2.28 bits per heavy atom. The smallest absolute Gasteiger partial charge is 0.0471 e. The summed E-state index contributed by atoms with van der Waals surface area (Å²) in [4.78, 5) is 4.72. The lowest BCUT2D eigenvalue weighted by Crippen LogP contribution is -2.45. The summed E-state index contributed by atoms with van der Waals surface area (Å²) in [6.45, 7) is 2.79. The fourth-order valence-electron chi connectivity index (χ4n) is 2.73. The van der Waals surface area contributed by atoms with Crippen LogP contribution in [-0.2, 0) is 6.54 Å². The molecule has 18 heavy (non-hydrogen) atoms. The van der Waals surface area contributed by atoms with E-state index in [9.17, 15) is 0 Å².